The fourth-order valence-electron chi connectivity index (χ4n) is 4.63. The van der Waals surface area contributed by atoms with Gasteiger partial charge in [0, 0.05) is 51.5 Å². The number of carbonyl (C=O) groups is 2. The number of aromatic nitrogens is 4. The van der Waals surface area contributed by atoms with E-state index in [2.05, 4.69) is 15.2 Å². The lowest BCUT2D eigenvalue weighted by atomic mass is 10.1. The van der Waals surface area contributed by atoms with Gasteiger partial charge in [0.2, 0.25) is 5.91 Å². The van der Waals surface area contributed by atoms with Crippen LogP contribution in [0.15, 0.2) is 64.4 Å². The molecule has 1 aliphatic rings. The maximum absolute atomic E-state index is 12.8. The summed E-state index contributed by atoms with van der Waals surface area (Å²) < 4.78 is 3.66. The van der Waals surface area contributed by atoms with Crippen molar-refractivity contribution in [2.75, 3.05) is 36.4 Å². The zero-order chi connectivity index (χ0) is 27.0. The number of rotatable bonds is 5. The SMILES string of the molecule is Cn1c(=O)c2c(ncn2CC(=O)Nc2ccc(N3CCN(C(=O)c4ccccc4)CC3)c(Cl)c2)n(C)c1=O. The van der Waals surface area contributed by atoms with Gasteiger partial charge >= 0.3 is 5.69 Å². The number of carbonyl (C=O) groups excluding carboxylic acids is 2. The average Bonchev–Trinajstić information content (AvgIpc) is 3.34. The molecule has 0 bridgehead atoms. The van der Waals surface area contributed by atoms with Crippen LogP contribution in [0.3, 0.4) is 0 Å². The largest absolute Gasteiger partial charge is 0.367 e. The molecule has 38 heavy (non-hydrogen) atoms. The van der Waals surface area contributed by atoms with Crippen LogP contribution in [-0.4, -0.2) is 61.6 Å². The Labute approximate surface area is 222 Å². The number of aryl methyl sites for hydroxylation is 1. The first kappa shape index (κ1) is 25.3. The van der Waals surface area contributed by atoms with E-state index in [9.17, 15) is 19.2 Å². The molecule has 0 saturated carbocycles. The first-order valence-electron chi connectivity index (χ1n) is 12.0. The molecule has 0 unspecified atom stereocenters. The number of nitrogens with one attached hydrogen (secondary N) is 1. The van der Waals surface area contributed by atoms with Gasteiger partial charge in [0.25, 0.3) is 11.5 Å². The second-order valence-electron chi connectivity index (χ2n) is 9.11. The number of piperazine rings is 1. The van der Waals surface area contributed by atoms with Crippen LogP contribution in [0.2, 0.25) is 5.02 Å². The second-order valence-corrected chi connectivity index (χ2v) is 9.52. The van der Waals surface area contributed by atoms with E-state index in [-0.39, 0.29) is 29.5 Å². The summed E-state index contributed by atoms with van der Waals surface area (Å²) in [5, 5.41) is 3.27. The van der Waals surface area contributed by atoms with Crippen molar-refractivity contribution < 1.29 is 9.59 Å². The van der Waals surface area contributed by atoms with Crippen LogP contribution >= 0.6 is 11.6 Å². The first-order chi connectivity index (χ1) is 18.2. The molecule has 4 aromatic rings. The van der Waals surface area contributed by atoms with Gasteiger partial charge in [0.1, 0.15) is 6.54 Å². The fraction of sp³-hybridized carbons (Fsp3) is 0.269. The molecule has 1 aliphatic heterocycles. The Hall–Kier alpha value is -4.38. The van der Waals surface area contributed by atoms with Crippen molar-refractivity contribution in [1.29, 1.82) is 0 Å². The molecule has 3 heterocycles. The number of fused-ring (bicyclic) bond motifs is 1. The summed E-state index contributed by atoms with van der Waals surface area (Å²) in [4.78, 5) is 58.3. The lowest BCUT2D eigenvalue weighted by Crippen LogP contribution is -2.48. The molecular formula is C26H26ClN7O4. The molecule has 196 valence electrons. The maximum atomic E-state index is 12.8. The van der Waals surface area contributed by atoms with E-state index in [0.29, 0.717) is 42.5 Å². The highest BCUT2D eigenvalue weighted by atomic mass is 35.5. The Morgan fingerprint density at radius 3 is 2.37 bits per heavy atom. The van der Waals surface area contributed by atoms with Crippen molar-refractivity contribution in [3.05, 3.63) is 86.3 Å². The summed E-state index contributed by atoms with van der Waals surface area (Å²) in [6.07, 6.45) is 1.36. The molecule has 0 atom stereocenters. The number of benzene rings is 2. The minimum absolute atomic E-state index is 0.0140. The van der Waals surface area contributed by atoms with Crippen LogP contribution in [-0.2, 0) is 25.4 Å². The summed E-state index contributed by atoms with van der Waals surface area (Å²) in [7, 11) is 2.90. The number of nitrogens with zero attached hydrogens (tertiary/aromatic N) is 6. The molecule has 2 amide bonds. The van der Waals surface area contributed by atoms with E-state index >= 15 is 0 Å². The third-order valence-corrected chi connectivity index (χ3v) is 6.99. The van der Waals surface area contributed by atoms with Crippen LogP contribution in [0.4, 0.5) is 11.4 Å². The number of hydrogen-bond acceptors (Lipinski definition) is 6. The normalized spacial score (nSPS) is 13.7. The van der Waals surface area contributed by atoms with Gasteiger partial charge in [-0.05, 0) is 30.3 Å². The van der Waals surface area contributed by atoms with Crippen LogP contribution in [0, 0.1) is 0 Å². The molecule has 5 rings (SSSR count). The van der Waals surface area contributed by atoms with Gasteiger partial charge in [-0.15, -0.1) is 0 Å². The Bertz CT molecular complexity index is 1650. The van der Waals surface area contributed by atoms with Crippen LogP contribution in [0.5, 0.6) is 0 Å². The Kier molecular flexibility index (Phi) is 6.77. The summed E-state index contributed by atoms with van der Waals surface area (Å²) in [6, 6.07) is 14.5. The van der Waals surface area contributed by atoms with Gasteiger partial charge in [0.15, 0.2) is 11.2 Å². The summed E-state index contributed by atoms with van der Waals surface area (Å²) in [5.41, 5.74) is 1.37. The molecule has 11 nitrogen and oxygen atoms in total. The summed E-state index contributed by atoms with van der Waals surface area (Å²) >= 11 is 6.57. The zero-order valence-corrected chi connectivity index (χ0v) is 21.7. The van der Waals surface area contributed by atoms with Crippen LogP contribution < -0.4 is 21.5 Å². The molecule has 1 saturated heterocycles. The Balaban J connectivity index is 1.24. The topological polar surface area (TPSA) is 114 Å². The maximum Gasteiger partial charge on any atom is 0.332 e. The van der Waals surface area contributed by atoms with Crippen LogP contribution in [0.25, 0.3) is 11.2 Å². The van der Waals surface area contributed by atoms with Crippen molar-refractivity contribution in [2.24, 2.45) is 14.1 Å². The molecule has 1 N–H and O–H groups in total. The molecule has 2 aromatic carbocycles. The van der Waals surface area contributed by atoms with Crippen molar-refractivity contribution in [3.63, 3.8) is 0 Å². The lowest BCUT2D eigenvalue weighted by Gasteiger charge is -2.36. The third-order valence-electron chi connectivity index (χ3n) is 6.69. The third kappa shape index (κ3) is 4.68. The number of hydrogen-bond donors (Lipinski definition) is 1. The van der Waals surface area contributed by atoms with Crippen molar-refractivity contribution in [2.45, 2.75) is 6.54 Å². The van der Waals surface area contributed by atoms with E-state index in [1.807, 2.05) is 41.3 Å². The quantitative estimate of drug-likeness (QED) is 0.416. The van der Waals surface area contributed by atoms with Gasteiger partial charge in [-0.1, -0.05) is 29.8 Å². The molecular weight excluding hydrogens is 510 g/mol. The second kappa shape index (κ2) is 10.2. The van der Waals surface area contributed by atoms with Crippen molar-refractivity contribution >= 4 is 46.0 Å². The van der Waals surface area contributed by atoms with Crippen molar-refractivity contribution in [1.82, 2.24) is 23.6 Å². The van der Waals surface area contributed by atoms with Crippen molar-refractivity contribution in [3.8, 4) is 0 Å². The van der Waals surface area contributed by atoms with E-state index in [1.165, 1.54) is 29.6 Å². The highest BCUT2D eigenvalue weighted by Crippen LogP contribution is 2.30. The molecule has 0 aliphatic carbocycles. The average molecular weight is 536 g/mol. The summed E-state index contributed by atoms with van der Waals surface area (Å²) in [6.45, 7) is 2.25. The van der Waals surface area contributed by atoms with Gasteiger partial charge in [0.05, 0.1) is 17.0 Å². The number of amides is 2. The van der Waals surface area contributed by atoms with Gasteiger partial charge in [-0.2, -0.15) is 0 Å². The Morgan fingerprint density at radius 1 is 0.974 bits per heavy atom. The van der Waals surface area contributed by atoms with E-state index < -0.39 is 11.2 Å². The molecule has 0 radical (unpaired) electrons. The molecule has 1 fully saturated rings. The monoisotopic (exact) mass is 535 g/mol. The first-order valence-corrected chi connectivity index (χ1v) is 12.4. The molecule has 0 spiro atoms. The smallest absolute Gasteiger partial charge is 0.332 e. The Morgan fingerprint density at radius 2 is 1.68 bits per heavy atom. The number of anilines is 2. The van der Waals surface area contributed by atoms with E-state index in [0.717, 1.165) is 10.3 Å². The zero-order valence-electron chi connectivity index (χ0n) is 20.9. The standard InChI is InChI=1S/C26H26ClN7O4/c1-30-23-22(25(37)31(2)26(30)38)34(16-28-23)15-21(35)29-18-8-9-20(19(27)14-18)32-10-12-33(13-11-32)24(36)17-6-4-3-5-7-17/h3-9,14,16H,10-13,15H2,1-2H3,(H,29,35). The molecule has 12 heteroatoms. The van der Waals surface area contributed by atoms with Gasteiger partial charge in [-0.25, -0.2) is 9.78 Å². The predicted octanol–water partition coefficient (Wildman–Crippen LogP) is 1.69. The van der Waals surface area contributed by atoms with Gasteiger partial charge in [-0.3, -0.25) is 23.5 Å². The highest BCUT2D eigenvalue weighted by Gasteiger charge is 2.23. The minimum Gasteiger partial charge on any atom is -0.367 e. The number of halogens is 1. The fourth-order valence-corrected chi connectivity index (χ4v) is 4.93. The number of imidazole rings is 1. The predicted molar refractivity (Wildman–Crippen MR) is 145 cm³/mol. The van der Waals surface area contributed by atoms with Gasteiger partial charge < -0.3 is 19.7 Å². The van der Waals surface area contributed by atoms with E-state index in [1.54, 1.807) is 12.1 Å². The molecule has 2 aromatic heterocycles. The highest BCUT2D eigenvalue weighted by molar-refractivity contribution is 6.33. The summed E-state index contributed by atoms with van der Waals surface area (Å²) in [5.74, 6) is -0.364. The lowest BCUT2D eigenvalue weighted by molar-refractivity contribution is -0.116. The van der Waals surface area contributed by atoms with E-state index in [4.69, 9.17) is 11.6 Å². The van der Waals surface area contributed by atoms with Crippen LogP contribution in [0.1, 0.15) is 10.4 Å². The minimum atomic E-state index is -0.522.